The lowest BCUT2D eigenvalue weighted by Crippen LogP contribution is -2.27. The summed E-state index contributed by atoms with van der Waals surface area (Å²) in [6.45, 7) is 0. The number of pyridine rings is 1. The average molecular weight is 557 g/mol. The smallest absolute Gasteiger partial charge is 0.416 e. The lowest BCUT2D eigenvalue weighted by Gasteiger charge is -2.22. The Kier molecular flexibility index (Phi) is 8.85. The van der Waals surface area contributed by atoms with Crippen molar-refractivity contribution in [2.75, 3.05) is 36.8 Å². The highest BCUT2D eigenvalue weighted by Crippen LogP contribution is 2.38. The van der Waals surface area contributed by atoms with Crippen LogP contribution in [0.1, 0.15) is 22.3 Å². The monoisotopic (exact) mass is 556 g/mol. The normalized spacial score (nSPS) is 11.9. The molecule has 0 aliphatic rings. The molecule has 0 saturated heterocycles. The Morgan fingerprint density at radius 2 is 1.84 bits per heavy atom. The van der Waals surface area contributed by atoms with Gasteiger partial charge in [0.15, 0.2) is 0 Å². The molecule has 1 amide bonds. The number of nitrogens with zero attached hydrogens (tertiary/aromatic N) is 2. The lowest BCUT2D eigenvalue weighted by atomic mass is 10.0. The summed E-state index contributed by atoms with van der Waals surface area (Å²) in [7, 11) is -0.430. The minimum absolute atomic E-state index is 0.0931. The van der Waals surface area contributed by atoms with E-state index in [1.807, 2.05) is 0 Å². The zero-order chi connectivity index (χ0) is 27.4. The summed E-state index contributed by atoms with van der Waals surface area (Å²) in [6, 6.07) is 8.51. The lowest BCUT2D eigenvalue weighted by molar-refractivity contribution is -0.137. The number of carbonyl (C=O) groups excluding carboxylic acids is 1. The molecule has 0 atom stereocenters. The number of aromatic nitrogens is 1. The van der Waals surface area contributed by atoms with Crippen LogP contribution in [-0.4, -0.2) is 51.2 Å². The summed E-state index contributed by atoms with van der Waals surface area (Å²) < 4.78 is 82.5. The molecule has 1 aromatic heterocycles. The topological polar surface area (TPSA) is 76.6 Å². The molecule has 0 N–H and O–H groups in total. The standard InChI is InChI=1S/C25H24F4N2O4S2/c1-31(22-15-30-8-7-20(22)21-6-5-18(26)14-23(21)35-2)24(32)16-11-17(25(27,28)29)13-19(12-16)36-9-4-10-37(3,33)34/h5-8,11-15H,4,9-10H2,1-3H3. The van der Waals surface area contributed by atoms with Gasteiger partial charge >= 0.3 is 6.18 Å². The SMILES string of the molecule is COc1cc(F)ccc1-c1ccncc1N(C)C(=O)c1cc(SCCCS(C)(=O)=O)cc(C(F)(F)F)c1. The summed E-state index contributed by atoms with van der Waals surface area (Å²) in [5, 5.41) is 0. The first-order valence-corrected chi connectivity index (χ1v) is 13.9. The van der Waals surface area contributed by atoms with Gasteiger partial charge in [-0.25, -0.2) is 12.8 Å². The minimum Gasteiger partial charge on any atom is -0.496 e. The molecule has 3 aromatic rings. The molecule has 0 spiro atoms. The zero-order valence-electron chi connectivity index (χ0n) is 20.2. The number of alkyl halides is 3. The second kappa shape index (κ2) is 11.5. The highest BCUT2D eigenvalue weighted by molar-refractivity contribution is 7.99. The molecule has 2 aromatic carbocycles. The largest absolute Gasteiger partial charge is 0.496 e. The van der Waals surface area contributed by atoms with Crippen molar-refractivity contribution in [3.63, 3.8) is 0 Å². The summed E-state index contributed by atoms with van der Waals surface area (Å²) in [6.07, 6.45) is -0.512. The first-order chi connectivity index (χ1) is 17.3. The quantitative estimate of drug-likeness (QED) is 0.191. The van der Waals surface area contributed by atoms with Crippen molar-refractivity contribution < 1.29 is 35.5 Å². The third kappa shape index (κ3) is 7.45. The van der Waals surface area contributed by atoms with Gasteiger partial charge in [-0.1, -0.05) is 0 Å². The molecule has 198 valence electrons. The molecule has 0 radical (unpaired) electrons. The number of ether oxygens (including phenoxy) is 1. The van der Waals surface area contributed by atoms with Gasteiger partial charge in [-0.2, -0.15) is 13.2 Å². The number of carbonyl (C=O) groups is 1. The van der Waals surface area contributed by atoms with Crippen molar-refractivity contribution in [1.82, 2.24) is 4.98 Å². The fourth-order valence-corrected chi connectivity index (χ4v) is 5.35. The van der Waals surface area contributed by atoms with Crippen LogP contribution in [-0.2, 0) is 16.0 Å². The Morgan fingerprint density at radius 1 is 1.11 bits per heavy atom. The fourth-order valence-electron chi connectivity index (χ4n) is 3.55. The van der Waals surface area contributed by atoms with E-state index >= 15 is 0 Å². The van der Waals surface area contributed by atoms with E-state index in [0.717, 1.165) is 30.2 Å². The van der Waals surface area contributed by atoms with E-state index in [2.05, 4.69) is 4.98 Å². The number of hydrogen-bond acceptors (Lipinski definition) is 6. The molecule has 0 aliphatic carbocycles. The third-order valence-electron chi connectivity index (χ3n) is 5.33. The second-order valence-corrected chi connectivity index (χ2v) is 11.6. The number of benzene rings is 2. The Bertz CT molecular complexity index is 1400. The van der Waals surface area contributed by atoms with Gasteiger partial charge in [0.1, 0.15) is 21.4 Å². The van der Waals surface area contributed by atoms with Crippen LogP contribution in [0.5, 0.6) is 5.75 Å². The summed E-state index contributed by atoms with van der Waals surface area (Å²) in [5.41, 5.74) is 0.00197. The fraction of sp³-hybridized carbons (Fsp3) is 0.280. The molecule has 0 unspecified atom stereocenters. The Balaban J connectivity index is 1.97. The van der Waals surface area contributed by atoms with Crippen LogP contribution >= 0.6 is 11.8 Å². The van der Waals surface area contributed by atoms with Gasteiger partial charge in [0.2, 0.25) is 0 Å². The van der Waals surface area contributed by atoms with Gasteiger partial charge in [-0.3, -0.25) is 9.78 Å². The molecule has 1 heterocycles. The number of hydrogen-bond donors (Lipinski definition) is 0. The summed E-state index contributed by atoms with van der Waals surface area (Å²) in [5.74, 6) is -0.871. The molecule has 6 nitrogen and oxygen atoms in total. The van der Waals surface area contributed by atoms with Gasteiger partial charge in [0.25, 0.3) is 5.91 Å². The van der Waals surface area contributed by atoms with Crippen LogP contribution in [0, 0.1) is 5.82 Å². The summed E-state index contributed by atoms with van der Waals surface area (Å²) in [4.78, 5) is 18.8. The van der Waals surface area contributed by atoms with Crippen molar-refractivity contribution in [3.8, 4) is 16.9 Å². The number of amides is 1. The van der Waals surface area contributed by atoms with Crippen molar-refractivity contribution in [2.45, 2.75) is 17.5 Å². The van der Waals surface area contributed by atoms with Crippen LogP contribution in [0.3, 0.4) is 0 Å². The predicted molar refractivity (Wildman–Crippen MR) is 135 cm³/mol. The van der Waals surface area contributed by atoms with Crippen molar-refractivity contribution in [3.05, 3.63) is 71.8 Å². The number of rotatable bonds is 9. The molecule has 0 bridgehead atoms. The molecule has 0 saturated carbocycles. The zero-order valence-corrected chi connectivity index (χ0v) is 21.8. The first kappa shape index (κ1) is 28.5. The number of sulfone groups is 1. The van der Waals surface area contributed by atoms with E-state index < -0.39 is 33.3 Å². The maximum atomic E-state index is 13.7. The van der Waals surface area contributed by atoms with Gasteiger partial charge < -0.3 is 9.64 Å². The average Bonchev–Trinajstić information content (AvgIpc) is 2.84. The van der Waals surface area contributed by atoms with Crippen LogP contribution in [0.25, 0.3) is 11.1 Å². The molecule has 3 rings (SSSR count). The molecular weight excluding hydrogens is 532 g/mol. The predicted octanol–water partition coefficient (Wildman–Crippen LogP) is 5.72. The highest BCUT2D eigenvalue weighted by atomic mass is 32.2. The molecule has 0 aliphatic heterocycles. The van der Waals surface area contributed by atoms with E-state index in [4.69, 9.17) is 4.74 Å². The third-order valence-corrected chi connectivity index (χ3v) is 7.42. The van der Waals surface area contributed by atoms with E-state index in [1.165, 1.54) is 55.7 Å². The number of methoxy groups -OCH3 is 1. The highest BCUT2D eigenvalue weighted by Gasteiger charge is 2.32. The van der Waals surface area contributed by atoms with Crippen LogP contribution in [0.2, 0.25) is 0 Å². The van der Waals surface area contributed by atoms with Gasteiger partial charge in [0.05, 0.1) is 30.3 Å². The van der Waals surface area contributed by atoms with Crippen LogP contribution in [0.15, 0.2) is 59.8 Å². The van der Waals surface area contributed by atoms with E-state index in [9.17, 15) is 30.8 Å². The number of thioether (sulfide) groups is 1. The molecule has 12 heteroatoms. The number of halogens is 4. The van der Waals surface area contributed by atoms with Gasteiger partial charge in [-0.05, 0) is 48.6 Å². The Labute approximate surface area is 216 Å². The Hall–Kier alpha value is -3.12. The van der Waals surface area contributed by atoms with E-state index in [0.29, 0.717) is 11.1 Å². The van der Waals surface area contributed by atoms with Gasteiger partial charge in [-0.15, -0.1) is 11.8 Å². The van der Waals surface area contributed by atoms with Gasteiger partial charge in [0, 0.05) is 47.2 Å². The van der Waals surface area contributed by atoms with Crippen molar-refractivity contribution in [1.29, 1.82) is 0 Å². The van der Waals surface area contributed by atoms with E-state index in [-0.39, 0.29) is 39.8 Å². The maximum Gasteiger partial charge on any atom is 0.416 e. The summed E-state index contributed by atoms with van der Waals surface area (Å²) >= 11 is 1.04. The van der Waals surface area contributed by atoms with Crippen molar-refractivity contribution >= 4 is 33.2 Å². The molecule has 37 heavy (non-hydrogen) atoms. The molecule has 0 fully saturated rings. The maximum absolute atomic E-state index is 13.7. The first-order valence-electron chi connectivity index (χ1n) is 10.9. The van der Waals surface area contributed by atoms with Crippen molar-refractivity contribution in [2.24, 2.45) is 0 Å². The second-order valence-electron chi connectivity index (χ2n) is 8.18. The van der Waals surface area contributed by atoms with Crippen LogP contribution in [0.4, 0.5) is 23.2 Å². The molecular formula is C25H24F4N2O4S2. The minimum atomic E-state index is -4.70. The Morgan fingerprint density at radius 3 is 2.49 bits per heavy atom. The van der Waals surface area contributed by atoms with Crippen LogP contribution < -0.4 is 9.64 Å². The number of anilines is 1. The van der Waals surface area contributed by atoms with E-state index in [1.54, 1.807) is 6.07 Å².